The fraction of sp³-hybridized carbons (Fsp3) is 0.375. The molecule has 0 atom stereocenters. The molecule has 0 unspecified atom stereocenters. The van der Waals surface area contributed by atoms with Crippen molar-refractivity contribution in [1.29, 1.82) is 0 Å². The molecule has 0 fully saturated rings. The van der Waals surface area contributed by atoms with Gasteiger partial charge in [0.25, 0.3) is 0 Å². The third kappa shape index (κ3) is 1.75. The monoisotopic (exact) mass is 194 g/mol. The summed E-state index contributed by atoms with van der Waals surface area (Å²) < 4.78 is 6.12. The van der Waals surface area contributed by atoms with E-state index in [-0.39, 0.29) is 0 Å². The maximum absolute atomic E-state index is 4.37. The zero-order valence-corrected chi connectivity index (χ0v) is 8.16. The normalized spacial score (nSPS) is 10.5. The molecule has 0 N–H and O–H groups in total. The molecule has 2 aromatic rings. The minimum Gasteiger partial charge on any atom is -0.281 e. The van der Waals surface area contributed by atoms with Crippen LogP contribution in [0.5, 0.6) is 0 Å². The third-order valence-corrected chi connectivity index (χ3v) is 2.42. The molecule has 0 spiro atoms. The van der Waals surface area contributed by atoms with Gasteiger partial charge in [0.15, 0.2) is 0 Å². The van der Waals surface area contributed by atoms with Gasteiger partial charge >= 0.3 is 0 Å². The van der Waals surface area contributed by atoms with Crippen LogP contribution in [0.15, 0.2) is 18.7 Å². The molecule has 68 valence electrons. The third-order valence-electron chi connectivity index (χ3n) is 1.66. The number of rotatable bonds is 3. The Morgan fingerprint density at radius 3 is 3.15 bits per heavy atom. The first-order chi connectivity index (χ1) is 6.40. The first-order valence-corrected chi connectivity index (χ1v) is 4.98. The van der Waals surface area contributed by atoms with Crippen LogP contribution in [-0.2, 0) is 6.42 Å². The van der Waals surface area contributed by atoms with E-state index in [0.717, 1.165) is 23.8 Å². The minimum atomic E-state index is 0.890. The van der Waals surface area contributed by atoms with Crippen LogP contribution in [0.1, 0.15) is 19.2 Å². The quantitative estimate of drug-likeness (QED) is 0.746. The Morgan fingerprint density at radius 1 is 1.54 bits per heavy atom. The van der Waals surface area contributed by atoms with E-state index in [2.05, 4.69) is 21.3 Å². The Bertz CT molecular complexity index is 365. The molecule has 0 amide bonds. The minimum absolute atomic E-state index is 0.890. The fourth-order valence-corrected chi connectivity index (χ4v) is 1.71. The van der Waals surface area contributed by atoms with Gasteiger partial charge < -0.3 is 0 Å². The van der Waals surface area contributed by atoms with Gasteiger partial charge in [-0.3, -0.25) is 4.57 Å². The van der Waals surface area contributed by atoms with Gasteiger partial charge in [-0.05, 0) is 6.42 Å². The largest absolute Gasteiger partial charge is 0.281 e. The van der Waals surface area contributed by atoms with Crippen molar-refractivity contribution in [1.82, 2.24) is 18.9 Å². The lowest BCUT2D eigenvalue weighted by Gasteiger charge is -1.90. The second-order valence-corrected chi connectivity index (χ2v) is 3.44. The molecule has 0 aliphatic rings. The summed E-state index contributed by atoms with van der Waals surface area (Å²) in [5.41, 5.74) is 0. The lowest BCUT2D eigenvalue weighted by atomic mass is 10.3. The number of aryl methyl sites for hydroxylation is 1. The van der Waals surface area contributed by atoms with E-state index >= 15 is 0 Å². The summed E-state index contributed by atoms with van der Waals surface area (Å²) in [5, 5.41) is 0.890. The summed E-state index contributed by atoms with van der Waals surface area (Å²) in [5.74, 6) is 0.927. The molecule has 5 heteroatoms. The average molecular weight is 194 g/mol. The van der Waals surface area contributed by atoms with Crippen LogP contribution in [-0.4, -0.2) is 18.9 Å². The van der Waals surface area contributed by atoms with Crippen LogP contribution in [0.2, 0.25) is 0 Å². The van der Waals surface area contributed by atoms with Gasteiger partial charge in [0.2, 0.25) is 5.13 Å². The highest BCUT2D eigenvalue weighted by molar-refractivity contribution is 7.08. The predicted molar refractivity (Wildman–Crippen MR) is 51.0 cm³/mol. The van der Waals surface area contributed by atoms with Crippen molar-refractivity contribution in [2.45, 2.75) is 19.8 Å². The highest BCUT2D eigenvalue weighted by atomic mass is 32.1. The van der Waals surface area contributed by atoms with Crippen LogP contribution in [0.4, 0.5) is 0 Å². The molecule has 0 saturated carbocycles. The Balaban J connectivity index is 2.23. The van der Waals surface area contributed by atoms with Crippen LogP contribution in [0.3, 0.4) is 0 Å². The molecule has 4 nitrogen and oxygen atoms in total. The second kappa shape index (κ2) is 3.66. The Morgan fingerprint density at radius 2 is 2.46 bits per heavy atom. The lowest BCUT2D eigenvalue weighted by molar-refractivity contribution is 0.852. The molecule has 13 heavy (non-hydrogen) atoms. The topological polar surface area (TPSA) is 43.6 Å². The Hall–Kier alpha value is -1.23. The van der Waals surface area contributed by atoms with Crippen molar-refractivity contribution in [2.24, 2.45) is 0 Å². The first-order valence-electron chi connectivity index (χ1n) is 4.21. The molecule has 2 aromatic heterocycles. The predicted octanol–water partition coefficient (Wildman–Crippen LogP) is 1.68. The standard InChI is InChI=1S/C8H10N4S/c1-2-3-7-10-8(13-11-7)12-5-4-9-6-12/h4-6H,2-3H2,1H3. The molecule has 0 saturated heterocycles. The summed E-state index contributed by atoms with van der Waals surface area (Å²) in [7, 11) is 0. The van der Waals surface area contributed by atoms with Crippen molar-refractivity contribution >= 4 is 11.5 Å². The van der Waals surface area contributed by atoms with Crippen LogP contribution >= 0.6 is 11.5 Å². The SMILES string of the molecule is CCCc1nsc(-n2ccnc2)n1. The van der Waals surface area contributed by atoms with Crippen molar-refractivity contribution in [3.63, 3.8) is 0 Å². The van der Waals surface area contributed by atoms with E-state index in [1.807, 2.05) is 10.8 Å². The second-order valence-electron chi connectivity index (χ2n) is 2.71. The van der Waals surface area contributed by atoms with Gasteiger partial charge in [0, 0.05) is 30.3 Å². The van der Waals surface area contributed by atoms with Gasteiger partial charge in [-0.2, -0.15) is 4.37 Å². The van der Waals surface area contributed by atoms with Gasteiger partial charge in [0.05, 0.1) is 0 Å². The summed E-state index contributed by atoms with van der Waals surface area (Å²) in [6.07, 6.45) is 7.37. The van der Waals surface area contributed by atoms with E-state index in [9.17, 15) is 0 Å². The summed E-state index contributed by atoms with van der Waals surface area (Å²) in [4.78, 5) is 8.33. The number of nitrogens with zero attached hydrogens (tertiary/aromatic N) is 4. The highest BCUT2D eigenvalue weighted by Gasteiger charge is 2.03. The molecular weight excluding hydrogens is 184 g/mol. The Labute approximate surface area is 80.4 Å². The van der Waals surface area contributed by atoms with E-state index in [1.165, 1.54) is 11.5 Å². The molecule has 0 aliphatic heterocycles. The van der Waals surface area contributed by atoms with Crippen LogP contribution < -0.4 is 0 Å². The maximum Gasteiger partial charge on any atom is 0.214 e. The zero-order valence-electron chi connectivity index (χ0n) is 7.34. The number of hydrogen-bond acceptors (Lipinski definition) is 4. The fourth-order valence-electron chi connectivity index (χ4n) is 1.05. The summed E-state index contributed by atoms with van der Waals surface area (Å²) in [6.45, 7) is 2.12. The van der Waals surface area contributed by atoms with Crippen molar-refractivity contribution < 1.29 is 0 Å². The first kappa shape index (κ1) is 8.37. The zero-order chi connectivity index (χ0) is 9.10. The van der Waals surface area contributed by atoms with E-state index < -0.39 is 0 Å². The highest BCUT2D eigenvalue weighted by Crippen LogP contribution is 2.10. The smallest absolute Gasteiger partial charge is 0.214 e. The molecular formula is C8H10N4S. The van der Waals surface area contributed by atoms with Crippen molar-refractivity contribution in [3.8, 4) is 5.13 Å². The number of aromatic nitrogens is 4. The van der Waals surface area contributed by atoms with Gasteiger partial charge in [-0.1, -0.05) is 6.92 Å². The summed E-state index contributed by atoms with van der Waals surface area (Å²) >= 11 is 1.41. The van der Waals surface area contributed by atoms with Gasteiger partial charge in [-0.15, -0.1) is 0 Å². The number of imidazole rings is 1. The summed E-state index contributed by atoms with van der Waals surface area (Å²) in [6, 6.07) is 0. The van der Waals surface area contributed by atoms with Crippen molar-refractivity contribution in [2.75, 3.05) is 0 Å². The lowest BCUT2D eigenvalue weighted by Crippen LogP contribution is -1.90. The molecule has 2 rings (SSSR count). The van der Waals surface area contributed by atoms with Crippen LogP contribution in [0, 0.1) is 0 Å². The molecule has 2 heterocycles. The maximum atomic E-state index is 4.37. The average Bonchev–Trinajstić information content (AvgIpc) is 2.70. The van der Waals surface area contributed by atoms with E-state index in [0.29, 0.717) is 0 Å². The van der Waals surface area contributed by atoms with Crippen molar-refractivity contribution in [3.05, 3.63) is 24.5 Å². The van der Waals surface area contributed by atoms with E-state index in [1.54, 1.807) is 12.5 Å². The Kier molecular flexibility index (Phi) is 2.35. The molecule has 0 bridgehead atoms. The molecule has 0 radical (unpaired) electrons. The van der Waals surface area contributed by atoms with Gasteiger partial charge in [0.1, 0.15) is 12.2 Å². The molecule has 0 aliphatic carbocycles. The van der Waals surface area contributed by atoms with Crippen LogP contribution in [0.25, 0.3) is 5.13 Å². The van der Waals surface area contributed by atoms with Gasteiger partial charge in [-0.25, -0.2) is 9.97 Å². The van der Waals surface area contributed by atoms with E-state index in [4.69, 9.17) is 0 Å². The number of hydrogen-bond donors (Lipinski definition) is 0. The molecule has 0 aromatic carbocycles.